The highest BCUT2D eigenvalue weighted by Crippen LogP contribution is 2.09. The molecule has 0 saturated heterocycles. The van der Waals surface area contributed by atoms with E-state index in [0.29, 0.717) is 6.42 Å². The van der Waals surface area contributed by atoms with Crippen molar-refractivity contribution in [1.29, 1.82) is 0 Å². The molecule has 0 aromatic heterocycles. The van der Waals surface area contributed by atoms with Gasteiger partial charge in [-0.05, 0) is 12.0 Å². The van der Waals surface area contributed by atoms with Crippen molar-refractivity contribution in [3.05, 3.63) is 35.9 Å². The van der Waals surface area contributed by atoms with Crippen molar-refractivity contribution >= 4 is 18.6 Å². The third kappa shape index (κ3) is 3.57. The largest absolute Gasteiger partial charge is 0.468 e. The quantitative estimate of drug-likeness (QED) is 0.594. The minimum atomic E-state index is -0.574. The van der Waals surface area contributed by atoms with Gasteiger partial charge in [0, 0.05) is 6.04 Å². The van der Waals surface area contributed by atoms with Crippen LogP contribution in [0.5, 0.6) is 0 Å². The summed E-state index contributed by atoms with van der Waals surface area (Å²) in [6.45, 7) is 0. The molecule has 82 valence electrons. The fourth-order valence-electron chi connectivity index (χ4n) is 1.29. The average molecular weight is 225 g/mol. The van der Waals surface area contributed by atoms with Crippen LogP contribution < -0.4 is 5.73 Å². The molecule has 0 aliphatic carbocycles. The number of carbonyl (C=O) groups excluding carboxylic acids is 1. The molecule has 15 heavy (non-hydrogen) atoms. The van der Waals surface area contributed by atoms with Crippen molar-refractivity contribution in [2.45, 2.75) is 17.7 Å². The van der Waals surface area contributed by atoms with Crippen molar-refractivity contribution in [2.75, 3.05) is 7.11 Å². The number of esters is 1. The van der Waals surface area contributed by atoms with Crippen molar-refractivity contribution in [3.8, 4) is 0 Å². The molecule has 0 saturated carbocycles. The first-order valence-electron chi connectivity index (χ1n) is 4.70. The first-order chi connectivity index (χ1) is 7.15. The van der Waals surface area contributed by atoms with Crippen LogP contribution >= 0.6 is 12.6 Å². The molecule has 1 rings (SSSR count). The van der Waals surface area contributed by atoms with Gasteiger partial charge < -0.3 is 10.5 Å². The van der Waals surface area contributed by atoms with E-state index in [1.807, 2.05) is 30.3 Å². The van der Waals surface area contributed by atoms with Crippen LogP contribution in [0.4, 0.5) is 0 Å². The molecular weight excluding hydrogens is 210 g/mol. The van der Waals surface area contributed by atoms with E-state index in [-0.39, 0.29) is 12.0 Å². The Morgan fingerprint density at radius 3 is 2.60 bits per heavy atom. The first kappa shape index (κ1) is 12.1. The zero-order valence-corrected chi connectivity index (χ0v) is 9.48. The molecule has 0 spiro atoms. The second-order valence-corrected chi connectivity index (χ2v) is 3.88. The predicted molar refractivity (Wildman–Crippen MR) is 62.9 cm³/mol. The minimum absolute atomic E-state index is 0.330. The van der Waals surface area contributed by atoms with E-state index in [1.54, 1.807) is 0 Å². The maximum Gasteiger partial charge on any atom is 0.320 e. The third-order valence-corrected chi connectivity index (χ3v) is 2.76. The van der Waals surface area contributed by atoms with Crippen molar-refractivity contribution in [2.24, 2.45) is 5.73 Å². The van der Waals surface area contributed by atoms with Gasteiger partial charge in [0.2, 0.25) is 0 Å². The lowest BCUT2D eigenvalue weighted by atomic mass is 10.0. The van der Waals surface area contributed by atoms with Gasteiger partial charge in [-0.1, -0.05) is 30.3 Å². The summed E-state index contributed by atoms with van der Waals surface area (Å²) in [6.07, 6.45) is 0.615. The number of rotatable bonds is 4. The number of benzene rings is 1. The normalized spacial score (nSPS) is 14.3. The average Bonchev–Trinajstić information content (AvgIpc) is 2.28. The number of carbonyl (C=O) groups is 1. The van der Waals surface area contributed by atoms with E-state index in [9.17, 15) is 4.79 Å². The first-order valence-corrected chi connectivity index (χ1v) is 5.22. The zero-order chi connectivity index (χ0) is 11.3. The van der Waals surface area contributed by atoms with Gasteiger partial charge in [-0.15, -0.1) is 0 Å². The number of thiol groups is 1. The van der Waals surface area contributed by atoms with Gasteiger partial charge in [-0.2, -0.15) is 12.6 Å². The van der Waals surface area contributed by atoms with Gasteiger partial charge in [-0.3, -0.25) is 4.79 Å². The standard InChI is InChI=1S/C11H15NO2S/c1-14-11(13)10(15)9(12)7-8-5-3-2-4-6-8/h2-6,9-10,15H,7,12H2,1H3. The molecule has 0 amide bonds. The Kier molecular flexibility index (Phi) is 4.65. The molecule has 4 heteroatoms. The van der Waals surface area contributed by atoms with Crippen LogP contribution in [0.2, 0.25) is 0 Å². The predicted octanol–water partition coefficient (Wildman–Crippen LogP) is 1.03. The molecule has 0 radical (unpaired) electrons. The number of nitrogens with two attached hydrogens (primary N) is 1. The molecule has 0 aliphatic rings. The monoisotopic (exact) mass is 225 g/mol. The van der Waals surface area contributed by atoms with Crippen LogP contribution in [0.3, 0.4) is 0 Å². The highest BCUT2D eigenvalue weighted by Gasteiger charge is 2.22. The maximum absolute atomic E-state index is 11.2. The zero-order valence-electron chi connectivity index (χ0n) is 8.59. The van der Waals surface area contributed by atoms with E-state index in [2.05, 4.69) is 17.4 Å². The molecule has 3 nitrogen and oxygen atoms in total. The summed E-state index contributed by atoms with van der Waals surface area (Å²) >= 11 is 4.13. The van der Waals surface area contributed by atoms with Crippen LogP contribution in [-0.4, -0.2) is 24.4 Å². The SMILES string of the molecule is COC(=O)C(S)C(N)Cc1ccccc1. The van der Waals surface area contributed by atoms with Crippen LogP contribution in [0.15, 0.2) is 30.3 Å². The number of hydrogen-bond acceptors (Lipinski definition) is 4. The van der Waals surface area contributed by atoms with Crippen molar-refractivity contribution in [1.82, 2.24) is 0 Å². The molecule has 0 aliphatic heterocycles. The Morgan fingerprint density at radius 2 is 2.07 bits per heavy atom. The molecule has 0 heterocycles. The molecule has 1 aromatic carbocycles. The van der Waals surface area contributed by atoms with Gasteiger partial charge >= 0.3 is 5.97 Å². The summed E-state index contributed by atoms with van der Waals surface area (Å²) in [5, 5.41) is -0.574. The maximum atomic E-state index is 11.2. The molecule has 0 fully saturated rings. The summed E-state index contributed by atoms with van der Waals surface area (Å²) in [5.41, 5.74) is 6.94. The van der Waals surface area contributed by atoms with Gasteiger partial charge in [0.05, 0.1) is 7.11 Å². The molecular formula is C11H15NO2S. The number of methoxy groups -OCH3 is 1. The summed E-state index contributed by atoms with van der Waals surface area (Å²) in [7, 11) is 1.33. The summed E-state index contributed by atoms with van der Waals surface area (Å²) in [4.78, 5) is 11.2. The molecule has 2 atom stereocenters. The highest BCUT2D eigenvalue weighted by molar-refractivity contribution is 7.81. The summed E-state index contributed by atoms with van der Waals surface area (Å²) < 4.78 is 4.58. The lowest BCUT2D eigenvalue weighted by Crippen LogP contribution is -2.39. The van der Waals surface area contributed by atoms with Crippen molar-refractivity contribution in [3.63, 3.8) is 0 Å². The van der Waals surface area contributed by atoms with Gasteiger partial charge in [0.25, 0.3) is 0 Å². The van der Waals surface area contributed by atoms with Crippen LogP contribution in [0, 0.1) is 0 Å². The lowest BCUT2D eigenvalue weighted by molar-refractivity contribution is -0.140. The van der Waals surface area contributed by atoms with Gasteiger partial charge in [0.15, 0.2) is 0 Å². The highest BCUT2D eigenvalue weighted by atomic mass is 32.1. The fraction of sp³-hybridized carbons (Fsp3) is 0.364. The Hall–Kier alpha value is -1.00. The third-order valence-electron chi connectivity index (χ3n) is 2.16. The van der Waals surface area contributed by atoms with Gasteiger partial charge in [0.1, 0.15) is 5.25 Å². The number of hydrogen-bond donors (Lipinski definition) is 2. The Balaban J connectivity index is 2.56. The minimum Gasteiger partial charge on any atom is -0.468 e. The van der Waals surface area contributed by atoms with Crippen LogP contribution in [0.1, 0.15) is 5.56 Å². The molecule has 0 bridgehead atoms. The number of ether oxygens (including phenoxy) is 1. The van der Waals surface area contributed by atoms with Gasteiger partial charge in [-0.25, -0.2) is 0 Å². The van der Waals surface area contributed by atoms with Crippen LogP contribution in [-0.2, 0) is 16.0 Å². The second-order valence-electron chi connectivity index (χ2n) is 3.32. The van der Waals surface area contributed by atoms with Crippen molar-refractivity contribution < 1.29 is 9.53 Å². The lowest BCUT2D eigenvalue weighted by Gasteiger charge is -2.16. The Bertz CT molecular complexity index is 316. The molecule has 1 aromatic rings. The van der Waals surface area contributed by atoms with E-state index >= 15 is 0 Å². The van der Waals surface area contributed by atoms with E-state index in [1.165, 1.54) is 7.11 Å². The van der Waals surface area contributed by atoms with E-state index < -0.39 is 5.25 Å². The van der Waals surface area contributed by atoms with E-state index in [0.717, 1.165) is 5.56 Å². The molecule has 2 N–H and O–H groups in total. The summed E-state index contributed by atoms with van der Waals surface area (Å²) in [6, 6.07) is 9.42. The second kappa shape index (κ2) is 5.78. The molecule has 2 unspecified atom stereocenters. The van der Waals surface area contributed by atoms with E-state index in [4.69, 9.17) is 5.73 Å². The smallest absolute Gasteiger partial charge is 0.320 e. The fourth-order valence-corrected chi connectivity index (χ4v) is 1.50. The Labute approximate surface area is 95.0 Å². The van der Waals surface area contributed by atoms with Crippen LogP contribution in [0.25, 0.3) is 0 Å². The topological polar surface area (TPSA) is 52.3 Å². The summed E-state index contributed by atoms with van der Waals surface area (Å²) in [5.74, 6) is -0.387. The Morgan fingerprint density at radius 1 is 1.47 bits per heavy atom.